The Hall–Kier alpha value is -2.50. The third kappa shape index (κ3) is 7.44. The molecule has 29 heavy (non-hydrogen) atoms. The number of ether oxygens (including phenoxy) is 4. The molecule has 0 bridgehead atoms. The zero-order chi connectivity index (χ0) is 20.5. The van der Waals surface area contributed by atoms with Gasteiger partial charge in [0.15, 0.2) is 29.0 Å². The highest BCUT2D eigenvalue weighted by Crippen LogP contribution is 2.31. The van der Waals surface area contributed by atoms with E-state index in [2.05, 4.69) is 15.0 Å². The van der Waals surface area contributed by atoms with Crippen molar-refractivity contribution >= 4 is 35.6 Å². The molecular weight excluding hydrogens is 499 g/mol. The van der Waals surface area contributed by atoms with E-state index in [0.29, 0.717) is 23.8 Å². The lowest BCUT2D eigenvalue weighted by Gasteiger charge is -2.12. The predicted molar refractivity (Wildman–Crippen MR) is 118 cm³/mol. The summed E-state index contributed by atoms with van der Waals surface area (Å²) in [5, 5.41) is 2.95. The van der Waals surface area contributed by atoms with Crippen molar-refractivity contribution in [3.05, 3.63) is 42.0 Å². The summed E-state index contributed by atoms with van der Waals surface area (Å²) in [5.74, 6) is 1.52. The number of halogens is 3. The van der Waals surface area contributed by atoms with Gasteiger partial charge in [0.25, 0.3) is 0 Å². The van der Waals surface area contributed by atoms with Crippen molar-refractivity contribution < 1.29 is 27.7 Å². The van der Waals surface area contributed by atoms with Gasteiger partial charge in [-0.2, -0.15) is 8.78 Å². The largest absolute Gasteiger partial charge is 0.493 e. The molecule has 0 atom stereocenters. The molecular formula is C19H24F2IN3O4. The molecule has 0 aliphatic rings. The second-order valence-corrected chi connectivity index (χ2v) is 5.49. The van der Waals surface area contributed by atoms with Crippen LogP contribution in [0.1, 0.15) is 12.5 Å². The van der Waals surface area contributed by atoms with Crippen LogP contribution in [0.15, 0.2) is 41.4 Å². The normalized spacial score (nSPS) is 10.9. The van der Waals surface area contributed by atoms with Crippen LogP contribution >= 0.6 is 24.0 Å². The molecule has 2 aromatic carbocycles. The Bertz CT molecular complexity index is 822. The van der Waals surface area contributed by atoms with E-state index in [1.165, 1.54) is 13.2 Å². The Morgan fingerprint density at radius 3 is 2.34 bits per heavy atom. The summed E-state index contributed by atoms with van der Waals surface area (Å²) in [6.45, 7) is -0.636. The van der Waals surface area contributed by atoms with Crippen LogP contribution in [0.2, 0.25) is 0 Å². The van der Waals surface area contributed by atoms with Gasteiger partial charge in [-0.3, -0.25) is 0 Å². The molecule has 0 aliphatic carbocycles. The molecule has 3 N–H and O–H groups in total. The molecule has 0 heterocycles. The Labute approximate surface area is 185 Å². The summed E-state index contributed by atoms with van der Waals surface area (Å²) in [5.41, 5.74) is 7.32. The first-order valence-corrected chi connectivity index (χ1v) is 8.46. The van der Waals surface area contributed by atoms with E-state index in [1.807, 2.05) is 0 Å². The van der Waals surface area contributed by atoms with E-state index in [1.54, 1.807) is 44.4 Å². The zero-order valence-electron chi connectivity index (χ0n) is 16.3. The smallest absolute Gasteiger partial charge is 0.387 e. The standard InChI is InChI=1S/C19H23F2N3O4.HI/c1-4-27-17-9-12(5-7-15(17)28-18(20)21)11-23-19(22)24-13-6-8-14(25-2)16(10-13)26-3;/h5-10,18H,4,11H2,1-3H3,(H3,22,23,24);1H. The van der Waals surface area contributed by atoms with Crippen LogP contribution in [0, 0.1) is 0 Å². The molecule has 0 spiro atoms. The van der Waals surface area contributed by atoms with Crippen molar-refractivity contribution in [3.63, 3.8) is 0 Å². The second-order valence-electron chi connectivity index (χ2n) is 5.49. The summed E-state index contributed by atoms with van der Waals surface area (Å²) in [6, 6.07) is 9.87. The van der Waals surface area contributed by atoms with Crippen LogP contribution < -0.4 is 30.0 Å². The SMILES string of the molecule is CCOc1cc(CN=C(N)Nc2ccc(OC)c(OC)c2)ccc1OC(F)F.I. The number of nitrogens with one attached hydrogen (secondary N) is 1. The Morgan fingerprint density at radius 1 is 1.03 bits per heavy atom. The van der Waals surface area contributed by atoms with Crippen LogP contribution in [0.25, 0.3) is 0 Å². The molecule has 2 rings (SSSR count). The maximum absolute atomic E-state index is 12.5. The fraction of sp³-hybridized carbons (Fsp3) is 0.316. The number of alkyl halides is 2. The lowest BCUT2D eigenvalue weighted by Crippen LogP contribution is -2.22. The van der Waals surface area contributed by atoms with Gasteiger partial charge in [0.05, 0.1) is 27.4 Å². The number of guanidine groups is 1. The molecule has 0 saturated heterocycles. The molecule has 0 aliphatic heterocycles. The van der Waals surface area contributed by atoms with Crippen molar-refractivity contribution in [3.8, 4) is 23.0 Å². The number of hydrogen-bond acceptors (Lipinski definition) is 5. The van der Waals surface area contributed by atoms with Crippen LogP contribution in [-0.4, -0.2) is 33.4 Å². The van der Waals surface area contributed by atoms with E-state index in [0.717, 1.165) is 5.56 Å². The number of anilines is 1. The monoisotopic (exact) mass is 523 g/mol. The Balaban J connectivity index is 0.00000420. The van der Waals surface area contributed by atoms with Gasteiger partial charge in [-0.15, -0.1) is 24.0 Å². The lowest BCUT2D eigenvalue weighted by molar-refractivity contribution is -0.0514. The fourth-order valence-electron chi connectivity index (χ4n) is 2.39. The lowest BCUT2D eigenvalue weighted by atomic mass is 10.2. The summed E-state index contributed by atoms with van der Waals surface area (Å²) < 4.78 is 45.1. The number of rotatable bonds is 9. The number of methoxy groups -OCH3 is 2. The predicted octanol–water partition coefficient (Wildman–Crippen LogP) is 4.25. The number of aliphatic imine (C=N–C) groups is 1. The highest BCUT2D eigenvalue weighted by Gasteiger charge is 2.11. The van der Waals surface area contributed by atoms with Gasteiger partial charge in [0.2, 0.25) is 0 Å². The van der Waals surface area contributed by atoms with Gasteiger partial charge < -0.3 is 30.0 Å². The first-order chi connectivity index (χ1) is 13.5. The molecule has 0 unspecified atom stereocenters. The average Bonchev–Trinajstić information content (AvgIpc) is 2.67. The molecule has 0 radical (unpaired) electrons. The van der Waals surface area contributed by atoms with E-state index < -0.39 is 6.61 Å². The van der Waals surface area contributed by atoms with Crippen LogP contribution in [-0.2, 0) is 6.54 Å². The first kappa shape index (κ1) is 24.5. The maximum atomic E-state index is 12.5. The van der Waals surface area contributed by atoms with Gasteiger partial charge in [-0.1, -0.05) is 6.07 Å². The number of benzene rings is 2. The minimum atomic E-state index is -2.93. The van der Waals surface area contributed by atoms with E-state index in [-0.39, 0.29) is 48.0 Å². The topological polar surface area (TPSA) is 87.3 Å². The third-order valence-electron chi connectivity index (χ3n) is 3.61. The van der Waals surface area contributed by atoms with Crippen LogP contribution in [0.5, 0.6) is 23.0 Å². The summed E-state index contributed by atoms with van der Waals surface area (Å²) >= 11 is 0. The van der Waals surface area contributed by atoms with Crippen molar-refractivity contribution in [1.29, 1.82) is 0 Å². The van der Waals surface area contributed by atoms with E-state index in [9.17, 15) is 8.78 Å². The molecule has 2 aromatic rings. The Morgan fingerprint density at radius 2 is 1.72 bits per heavy atom. The minimum absolute atomic E-state index is 0. The van der Waals surface area contributed by atoms with Gasteiger partial charge in [-0.05, 0) is 36.8 Å². The summed E-state index contributed by atoms with van der Waals surface area (Å²) in [6.07, 6.45) is 0. The third-order valence-corrected chi connectivity index (χ3v) is 3.61. The van der Waals surface area contributed by atoms with Crippen molar-refractivity contribution in [2.45, 2.75) is 20.1 Å². The molecule has 0 amide bonds. The molecule has 10 heteroatoms. The number of nitrogens with two attached hydrogens (primary N) is 1. The van der Waals surface area contributed by atoms with Gasteiger partial charge in [-0.25, -0.2) is 4.99 Å². The minimum Gasteiger partial charge on any atom is -0.493 e. The van der Waals surface area contributed by atoms with Crippen LogP contribution in [0.4, 0.5) is 14.5 Å². The summed E-state index contributed by atoms with van der Waals surface area (Å²) in [7, 11) is 3.09. The van der Waals surface area contributed by atoms with Gasteiger partial charge in [0, 0.05) is 11.8 Å². The average molecular weight is 523 g/mol. The highest BCUT2D eigenvalue weighted by molar-refractivity contribution is 14.0. The Kier molecular flexibility index (Phi) is 10.3. The van der Waals surface area contributed by atoms with Crippen molar-refractivity contribution in [1.82, 2.24) is 0 Å². The van der Waals surface area contributed by atoms with E-state index in [4.69, 9.17) is 19.9 Å². The van der Waals surface area contributed by atoms with Crippen molar-refractivity contribution in [2.75, 3.05) is 26.1 Å². The summed E-state index contributed by atoms with van der Waals surface area (Å²) in [4.78, 5) is 4.25. The quantitative estimate of drug-likeness (QED) is 0.291. The number of hydrogen-bond donors (Lipinski definition) is 2. The van der Waals surface area contributed by atoms with Crippen molar-refractivity contribution in [2.24, 2.45) is 10.7 Å². The zero-order valence-corrected chi connectivity index (χ0v) is 18.6. The van der Waals surface area contributed by atoms with E-state index >= 15 is 0 Å². The van der Waals surface area contributed by atoms with Crippen LogP contribution in [0.3, 0.4) is 0 Å². The maximum Gasteiger partial charge on any atom is 0.387 e. The molecule has 0 aromatic heterocycles. The molecule has 0 saturated carbocycles. The second kappa shape index (κ2) is 12.1. The molecule has 160 valence electrons. The fourth-order valence-corrected chi connectivity index (χ4v) is 2.39. The highest BCUT2D eigenvalue weighted by atomic mass is 127. The van der Waals surface area contributed by atoms with Gasteiger partial charge in [0.1, 0.15) is 0 Å². The molecule has 0 fully saturated rings. The number of nitrogens with zero attached hydrogens (tertiary/aromatic N) is 1. The molecule has 7 nitrogen and oxygen atoms in total. The first-order valence-electron chi connectivity index (χ1n) is 8.46. The van der Waals surface area contributed by atoms with Gasteiger partial charge >= 0.3 is 6.61 Å².